The Bertz CT molecular complexity index is 588. The fourth-order valence-corrected chi connectivity index (χ4v) is 3.02. The molecule has 0 amide bonds. The Morgan fingerprint density at radius 3 is 2.74 bits per heavy atom. The standard InChI is InChI=1S/C13H14BrFN2OS/c1-17(6-8-3-13(14)19-7-8)11-5-12(18-2)10(16)4-9(11)15/h3-5,7H,6,16H2,1-2H3. The van der Waals surface area contributed by atoms with Gasteiger partial charge in [-0.25, -0.2) is 4.39 Å². The van der Waals surface area contributed by atoms with Crippen LogP contribution in [0.2, 0.25) is 0 Å². The zero-order chi connectivity index (χ0) is 14.0. The third kappa shape index (κ3) is 3.19. The summed E-state index contributed by atoms with van der Waals surface area (Å²) in [5.74, 6) is 0.129. The van der Waals surface area contributed by atoms with Crippen LogP contribution in [0.5, 0.6) is 5.75 Å². The first-order valence-electron chi connectivity index (χ1n) is 5.58. The minimum Gasteiger partial charge on any atom is -0.495 e. The topological polar surface area (TPSA) is 38.5 Å². The Balaban J connectivity index is 2.25. The average molecular weight is 345 g/mol. The lowest BCUT2D eigenvalue weighted by Crippen LogP contribution is -2.17. The molecular formula is C13H14BrFN2OS. The van der Waals surface area contributed by atoms with Gasteiger partial charge in [-0.3, -0.25) is 0 Å². The maximum atomic E-state index is 13.9. The van der Waals surface area contributed by atoms with Crippen LogP contribution in [0.3, 0.4) is 0 Å². The van der Waals surface area contributed by atoms with Crippen LogP contribution in [0.4, 0.5) is 15.8 Å². The highest BCUT2D eigenvalue weighted by atomic mass is 79.9. The molecule has 0 saturated heterocycles. The first-order chi connectivity index (χ1) is 9.01. The Morgan fingerprint density at radius 1 is 1.42 bits per heavy atom. The molecule has 2 aromatic rings. The summed E-state index contributed by atoms with van der Waals surface area (Å²) in [5.41, 5.74) is 7.56. The van der Waals surface area contributed by atoms with Gasteiger partial charge in [-0.1, -0.05) is 0 Å². The molecule has 0 unspecified atom stereocenters. The van der Waals surface area contributed by atoms with E-state index < -0.39 is 0 Å². The molecule has 102 valence electrons. The minimum absolute atomic E-state index is 0.301. The molecule has 2 rings (SSSR count). The number of halogens is 2. The Labute approximate surface area is 123 Å². The van der Waals surface area contributed by atoms with Crippen LogP contribution in [0.1, 0.15) is 5.56 Å². The molecule has 1 aromatic carbocycles. The van der Waals surface area contributed by atoms with Crippen molar-refractivity contribution in [2.24, 2.45) is 0 Å². The molecule has 0 radical (unpaired) electrons. The van der Waals surface area contributed by atoms with Crippen LogP contribution in [-0.2, 0) is 6.54 Å². The number of nitrogens with two attached hydrogens (primary N) is 1. The van der Waals surface area contributed by atoms with Gasteiger partial charge >= 0.3 is 0 Å². The maximum absolute atomic E-state index is 13.9. The third-order valence-corrected chi connectivity index (χ3v) is 4.31. The van der Waals surface area contributed by atoms with Crippen molar-refractivity contribution in [2.45, 2.75) is 6.54 Å². The zero-order valence-corrected chi connectivity index (χ0v) is 13.0. The van der Waals surface area contributed by atoms with E-state index in [1.165, 1.54) is 13.2 Å². The molecule has 1 aromatic heterocycles. The monoisotopic (exact) mass is 344 g/mol. The quantitative estimate of drug-likeness (QED) is 0.855. The Morgan fingerprint density at radius 2 is 2.16 bits per heavy atom. The number of hydrogen-bond donors (Lipinski definition) is 1. The van der Waals surface area contributed by atoms with E-state index in [0.717, 1.165) is 9.35 Å². The molecule has 0 aliphatic heterocycles. The number of hydrogen-bond acceptors (Lipinski definition) is 4. The summed E-state index contributed by atoms with van der Waals surface area (Å²) in [4.78, 5) is 1.83. The number of nitrogen functional groups attached to an aromatic ring is 1. The van der Waals surface area contributed by atoms with Gasteiger partial charge in [0.2, 0.25) is 0 Å². The number of benzene rings is 1. The lowest BCUT2D eigenvalue weighted by Gasteiger charge is -2.20. The second-order valence-corrected chi connectivity index (χ2v) is 6.45. The number of thiophene rings is 1. The van der Waals surface area contributed by atoms with Gasteiger partial charge < -0.3 is 15.4 Å². The second kappa shape index (κ2) is 5.79. The van der Waals surface area contributed by atoms with Crippen molar-refractivity contribution in [3.8, 4) is 5.75 Å². The summed E-state index contributed by atoms with van der Waals surface area (Å²) in [6, 6.07) is 4.92. The summed E-state index contributed by atoms with van der Waals surface area (Å²) in [6.45, 7) is 0.617. The molecule has 0 aliphatic carbocycles. The first kappa shape index (κ1) is 14.1. The highest BCUT2D eigenvalue weighted by Gasteiger charge is 2.13. The molecule has 2 N–H and O–H groups in total. The first-order valence-corrected chi connectivity index (χ1v) is 7.25. The summed E-state index contributed by atoms with van der Waals surface area (Å²) >= 11 is 5.02. The molecule has 0 aliphatic rings. The molecule has 0 spiro atoms. The van der Waals surface area contributed by atoms with Crippen LogP contribution in [0.25, 0.3) is 0 Å². The highest BCUT2D eigenvalue weighted by molar-refractivity contribution is 9.11. The SMILES string of the molecule is COc1cc(N(C)Cc2csc(Br)c2)c(F)cc1N. The van der Waals surface area contributed by atoms with E-state index in [2.05, 4.69) is 15.9 Å². The van der Waals surface area contributed by atoms with Crippen molar-refractivity contribution >= 4 is 38.6 Å². The lowest BCUT2D eigenvalue weighted by molar-refractivity contribution is 0.416. The summed E-state index contributed by atoms with van der Waals surface area (Å²) < 4.78 is 20.1. The number of rotatable bonds is 4. The Kier molecular flexibility index (Phi) is 4.31. The zero-order valence-electron chi connectivity index (χ0n) is 10.6. The summed E-state index contributed by atoms with van der Waals surface area (Å²) in [6.07, 6.45) is 0. The number of methoxy groups -OCH3 is 1. The van der Waals surface area contributed by atoms with Crippen LogP contribution >= 0.6 is 27.3 Å². The van der Waals surface area contributed by atoms with Crippen LogP contribution in [0.15, 0.2) is 27.4 Å². The molecule has 0 atom stereocenters. The molecule has 6 heteroatoms. The molecule has 19 heavy (non-hydrogen) atoms. The smallest absolute Gasteiger partial charge is 0.148 e. The highest BCUT2D eigenvalue weighted by Crippen LogP contribution is 2.31. The van der Waals surface area contributed by atoms with Gasteiger partial charge in [-0.2, -0.15) is 0 Å². The third-order valence-electron chi connectivity index (χ3n) is 2.75. The van der Waals surface area contributed by atoms with Crippen molar-refractivity contribution in [3.63, 3.8) is 0 Å². The number of anilines is 2. The maximum Gasteiger partial charge on any atom is 0.148 e. The number of nitrogens with zero attached hydrogens (tertiary/aromatic N) is 1. The molecule has 0 fully saturated rings. The fourth-order valence-electron chi connectivity index (χ4n) is 1.82. The van der Waals surface area contributed by atoms with Crippen LogP contribution < -0.4 is 15.4 Å². The summed E-state index contributed by atoms with van der Waals surface area (Å²) in [5, 5.41) is 2.03. The van der Waals surface area contributed by atoms with Gasteiger partial charge in [0.05, 0.1) is 22.3 Å². The second-order valence-electron chi connectivity index (χ2n) is 4.16. The van der Waals surface area contributed by atoms with E-state index in [9.17, 15) is 4.39 Å². The largest absolute Gasteiger partial charge is 0.495 e. The van der Waals surface area contributed by atoms with Gasteiger partial charge in [0.25, 0.3) is 0 Å². The van der Waals surface area contributed by atoms with Crippen molar-refractivity contribution in [1.29, 1.82) is 0 Å². The van der Waals surface area contributed by atoms with Crippen LogP contribution in [0, 0.1) is 5.82 Å². The van der Waals surface area contributed by atoms with Crippen molar-refractivity contribution < 1.29 is 9.13 Å². The van der Waals surface area contributed by atoms with E-state index in [1.807, 2.05) is 23.4 Å². The van der Waals surface area contributed by atoms with E-state index in [-0.39, 0.29) is 5.82 Å². The van der Waals surface area contributed by atoms with Crippen molar-refractivity contribution in [3.05, 3.63) is 38.7 Å². The molecule has 0 saturated carbocycles. The fraction of sp³-hybridized carbons (Fsp3) is 0.231. The van der Waals surface area contributed by atoms with E-state index in [4.69, 9.17) is 10.5 Å². The van der Waals surface area contributed by atoms with Gasteiger partial charge in [0.1, 0.15) is 11.6 Å². The molecule has 3 nitrogen and oxygen atoms in total. The van der Waals surface area contributed by atoms with Gasteiger partial charge in [0, 0.05) is 25.7 Å². The van der Waals surface area contributed by atoms with Gasteiger partial charge in [-0.15, -0.1) is 11.3 Å². The normalized spacial score (nSPS) is 10.5. The van der Waals surface area contributed by atoms with E-state index >= 15 is 0 Å². The average Bonchev–Trinajstić information content (AvgIpc) is 2.74. The van der Waals surface area contributed by atoms with Crippen molar-refractivity contribution in [1.82, 2.24) is 0 Å². The van der Waals surface area contributed by atoms with Crippen molar-refractivity contribution in [2.75, 3.05) is 24.8 Å². The molecule has 1 heterocycles. The Hall–Kier alpha value is -1.27. The molecule has 0 bridgehead atoms. The van der Waals surface area contributed by atoms with Crippen LogP contribution in [-0.4, -0.2) is 14.2 Å². The lowest BCUT2D eigenvalue weighted by atomic mass is 10.2. The molecular weight excluding hydrogens is 331 g/mol. The van der Waals surface area contributed by atoms with Gasteiger partial charge in [0.15, 0.2) is 0 Å². The van der Waals surface area contributed by atoms with E-state index in [0.29, 0.717) is 23.7 Å². The summed E-state index contributed by atoms with van der Waals surface area (Å²) in [7, 11) is 3.35. The number of ether oxygens (including phenoxy) is 1. The van der Waals surface area contributed by atoms with E-state index in [1.54, 1.807) is 17.4 Å². The predicted molar refractivity (Wildman–Crippen MR) is 81.5 cm³/mol. The minimum atomic E-state index is -0.352. The predicted octanol–water partition coefficient (Wildman–Crippen LogP) is 3.88. The van der Waals surface area contributed by atoms with Gasteiger partial charge in [-0.05, 0) is 32.9 Å².